The second-order valence-electron chi connectivity index (χ2n) is 3.92. The van der Waals surface area contributed by atoms with Crippen molar-refractivity contribution in [1.29, 1.82) is 0 Å². The molecule has 0 amide bonds. The van der Waals surface area contributed by atoms with Crippen molar-refractivity contribution >= 4 is 5.78 Å². The molecule has 1 rings (SSSR count). The van der Waals surface area contributed by atoms with Crippen molar-refractivity contribution in [1.82, 2.24) is 0 Å². The maximum absolute atomic E-state index is 11.8. The summed E-state index contributed by atoms with van der Waals surface area (Å²) in [5.41, 5.74) is 0.726. The van der Waals surface area contributed by atoms with Gasteiger partial charge < -0.3 is 9.47 Å². The molecule has 0 aliphatic carbocycles. The van der Waals surface area contributed by atoms with Gasteiger partial charge in [-0.1, -0.05) is 6.92 Å². The minimum absolute atomic E-state index is 0.146. The molecular weight excluding hydrogens is 204 g/mol. The zero-order valence-corrected chi connectivity index (χ0v) is 10.0. The first-order valence-corrected chi connectivity index (χ1v) is 5.33. The Morgan fingerprint density at radius 3 is 2.38 bits per heavy atom. The van der Waals surface area contributed by atoms with Crippen molar-refractivity contribution < 1.29 is 14.3 Å². The van der Waals surface area contributed by atoms with E-state index < -0.39 is 0 Å². The van der Waals surface area contributed by atoms with E-state index in [9.17, 15) is 4.79 Å². The number of carbonyl (C=O) groups is 1. The summed E-state index contributed by atoms with van der Waals surface area (Å²) in [7, 11) is 3.26. The second-order valence-corrected chi connectivity index (χ2v) is 3.92. The molecule has 0 spiro atoms. The molecule has 0 bridgehead atoms. The van der Waals surface area contributed by atoms with Gasteiger partial charge in [-0.25, -0.2) is 0 Å². The Kier molecular flexibility index (Phi) is 4.99. The highest BCUT2D eigenvalue weighted by Gasteiger charge is 2.11. The molecule has 1 aromatic carbocycles. The van der Waals surface area contributed by atoms with Gasteiger partial charge in [0.25, 0.3) is 0 Å². The van der Waals surface area contributed by atoms with Crippen molar-refractivity contribution in [3.63, 3.8) is 0 Å². The van der Waals surface area contributed by atoms with Gasteiger partial charge >= 0.3 is 0 Å². The molecule has 0 saturated carbocycles. The van der Waals surface area contributed by atoms with Crippen LogP contribution in [0.4, 0.5) is 0 Å². The molecule has 0 aliphatic heterocycles. The summed E-state index contributed by atoms with van der Waals surface area (Å²) in [6.45, 7) is 2.62. The number of hydrogen-bond donors (Lipinski definition) is 0. The molecule has 3 nitrogen and oxygen atoms in total. The molecule has 0 heterocycles. The third-order valence-corrected chi connectivity index (χ3v) is 2.40. The number of methoxy groups -OCH3 is 2. The lowest BCUT2D eigenvalue weighted by Gasteiger charge is -2.09. The first-order chi connectivity index (χ1) is 7.67. The third-order valence-electron chi connectivity index (χ3n) is 2.40. The molecule has 1 unspecified atom stereocenters. The Balaban J connectivity index is 2.59. The summed E-state index contributed by atoms with van der Waals surface area (Å²) in [4.78, 5) is 11.8. The number of ether oxygens (including phenoxy) is 2. The molecule has 0 radical (unpaired) electrons. The minimum atomic E-state index is 0.146. The van der Waals surface area contributed by atoms with Gasteiger partial charge in [-0.3, -0.25) is 4.79 Å². The zero-order valence-electron chi connectivity index (χ0n) is 10.0. The number of rotatable bonds is 6. The zero-order chi connectivity index (χ0) is 12.0. The van der Waals surface area contributed by atoms with Crippen LogP contribution in [0.15, 0.2) is 24.3 Å². The van der Waals surface area contributed by atoms with Crippen LogP contribution in [0.5, 0.6) is 5.75 Å². The van der Waals surface area contributed by atoms with Gasteiger partial charge in [-0.15, -0.1) is 0 Å². The van der Waals surface area contributed by atoms with Crippen LogP contribution in [0, 0.1) is 5.92 Å². The van der Waals surface area contributed by atoms with E-state index in [0.717, 1.165) is 11.3 Å². The Morgan fingerprint density at radius 2 is 1.88 bits per heavy atom. The molecule has 88 valence electrons. The first-order valence-electron chi connectivity index (χ1n) is 5.33. The molecule has 0 aliphatic rings. The predicted octanol–water partition coefficient (Wildman–Crippen LogP) is 2.55. The second kappa shape index (κ2) is 6.28. The van der Waals surface area contributed by atoms with E-state index in [1.807, 2.05) is 6.92 Å². The lowest BCUT2D eigenvalue weighted by molar-refractivity contribution is 0.0920. The lowest BCUT2D eigenvalue weighted by atomic mass is 10.0. The van der Waals surface area contributed by atoms with E-state index >= 15 is 0 Å². The highest BCUT2D eigenvalue weighted by atomic mass is 16.5. The normalized spacial score (nSPS) is 12.2. The number of benzene rings is 1. The van der Waals surface area contributed by atoms with Crippen LogP contribution in [0.1, 0.15) is 23.7 Å². The lowest BCUT2D eigenvalue weighted by Crippen LogP contribution is -2.10. The molecule has 1 atom stereocenters. The van der Waals surface area contributed by atoms with Crippen molar-refractivity contribution in [2.24, 2.45) is 5.92 Å². The molecule has 0 N–H and O–H groups in total. The van der Waals surface area contributed by atoms with E-state index in [4.69, 9.17) is 9.47 Å². The summed E-state index contributed by atoms with van der Waals surface area (Å²) in [6.07, 6.45) is 0.514. The monoisotopic (exact) mass is 222 g/mol. The van der Waals surface area contributed by atoms with Gasteiger partial charge in [-0.2, -0.15) is 0 Å². The first kappa shape index (κ1) is 12.7. The number of hydrogen-bond acceptors (Lipinski definition) is 3. The maximum Gasteiger partial charge on any atom is 0.163 e. The van der Waals surface area contributed by atoms with Crippen molar-refractivity contribution in [3.05, 3.63) is 29.8 Å². The highest BCUT2D eigenvalue weighted by molar-refractivity contribution is 5.96. The van der Waals surface area contributed by atoms with Gasteiger partial charge in [-0.05, 0) is 30.2 Å². The quantitative estimate of drug-likeness (QED) is 0.694. The van der Waals surface area contributed by atoms with E-state index in [2.05, 4.69) is 0 Å². The van der Waals surface area contributed by atoms with E-state index in [-0.39, 0.29) is 11.7 Å². The van der Waals surface area contributed by atoms with Crippen LogP contribution in [0.25, 0.3) is 0 Å². The summed E-state index contributed by atoms with van der Waals surface area (Å²) >= 11 is 0. The number of ketones is 1. The smallest absolute Gasteiger partial charge is 0.163 e. The van der Waals surface area contributed by atoms with Crippen LogP contribution in [0.2, 0.25) is 0 Å². The third kappa shape index (κ3) is 3.66. The van der Waals surface area contributed by atoms with Gasteiger partial charge in [0.1, 0.15) is 5.75 Å². The van der Waals surface area contributed by atoms with Crippen LogP contribution >= 0.6 is 0 Å². The van der Waals surface area contributed by atoms with Crippen molar-refractivity contribution in [2.75, 3.05) is 20.8 Å². The van der Waals surface area contributed by atoms with Crippen LogP contribution < -0.4 is 4.74 Å². The fraction of sp³-hybridized carbons (Fsp3) is 0.462. The van der Waals surface area contributed by atoms with Gasteiger partial charge in [0, 0.05) is 25.7 Å². The van der Waals surface area contributed by atoms with E-state index in [0.29, 0.717) is 13.0 Å². The van der Waals surface area contributed by atoms with Crippen LogP contribution in [0.3, 0.4) is 0 Å². The minimum Gasteiger partial charge on any atom is -0.497 e. The average Bonchev–Trinajstić information content (AvgIpc) is 2.29. The van der Waals surface area contributed by atoms with Crippen molar-refractivity contribution in [3.8, 4) is 5.75 Å². The number of Topliss-reactive ketones (excluding diaryl/α,β-unsaturated/α-hetero) is 1. The summed E-state index contributed by atoms with van der Waals surface area (Å²) in [6, 6.07) is 7.18. The Morgan fingerprint density at radius 1 is 1.25 bits per heavy atom. The Labute approximate surface area is 96.4 Å². The van der Waals surface area contributed by atoms with E-state index in [1.54, 1.807) is 38.5 Å². The Hall–Kier alpha value is -1.35. The SMILES string of the molecule is COCC(C)CC(=O)c1ccc(OC)cc1. The van der Waals surface area contributed by atoms with Gasteiger partial charge in [0.05, 0.1) is 7.11 Å². The summed E-state index contributed by atoms with van der Waals surface area (Å²) in [5, 5.41) is 0. The maximum atomic E-state index is 11.8. The largest absolute Gasteiger partial charge is 0.497 e. The summed E-state index contributed by atoms with van der Waals surface area (Å²) < 4.78 is 10.0. The molecule has 16 heavy (non-hydrogen) atoms. The highest BCUT2D eigenvalue weighted by Crippen LogP contribution is 2.14. The predicted molar refractivity (Wildman–Crippen MR) is 63.0 cm³/mol. The molecule has 0 saturated heterocycles. The fourth-order valence-electron chi connectivity index (χ4n) is 1.55. The average molecular weight is 222 g/mol. The van der Waals surface area contributed by atoms with Crippen LogP contribution in [-0.4, -0.2) is 26.6 Å². The molecular formula is C13H18O3. The van der Waals surface area contributed by atoms with E-state index in [1.165, 1.54) is 0 Å². The van der Waals surface area contributed by atoms with Crippen LogP contribution in [-0.2, 0) is 4.74 Å². The standard InChI is InChI=1S/C13H18O3/c1-10(9-15-2)8-13(14)11-4-6-12(16-3)7-5-11/h4-7,10H,8-9H2,1-3H3. The Bertz CT molecular complexity index is 330. The fourth-order valence-corrected chi connectivity index (χ4v) is 1.55. The summed E-state index contributed by atoms with van der Waals surface area (Å²) in [5.74, 6) is 1.16. The molecule has 1 aromatic rings. The topological polar surface area (TPSA) is 35.5 Å². The van der Waals surface area contributed by atoms with Crippen molar-refractivity contribution in [2.45, 2.75) is 13.3 Å². The molecule has 0 fully saturated rings. The van der Waals surface area contributed by atoms with Gasteiger partial charge in [0.15, 0.2) is 5.78 Å². The molecule has 3 heteroatoms. The molecule has 0 aromatic heterocycles. The number of carbonyl (C=O) groups excluding carboxylic acids is 1. The van der Waals surface area contributed by atoms with Gasteiger partial charge in [0.2, 0.25) is 0 Å².